The van der Waals surface area contributed by atoms with Crippen LogP contribution in [-0.2, 0) is 11.2 Å². The normalized spacial score (nSPS) is 20.3. The van der Waals surface area contributed by atoms with E-state index < -0.39 is 0 Å². The third-order valence-corrected chi connectivity index (χ3v) is 5.21. The maximum Gasteiger partial charge on any atom is 0.0752 e. The minimum absolute atomic E-state index is 0.379. The highest BCUT2D eigenvalue weighted by Gasteiger charge is 2.29. The first-order valence-corrected chi connectivity index (χ1v) is 8.50. The fraction of sp³-hybridized carbons (Fsp3) is 0.750. The molecule has 1 aromatic heterocycles. The fourth-order valence-electron chi connectivity index (χ4n) is 3.38. The molecule has 1 fully saturated rings. The van der Waals surface area contributed by atoms with Crippen LogP contribution in [0.15, 0.2) is 16.8 Å². The summed E-state index contributed by atoms with van der Waals surface area (Å²) in [7, 11) is 3.96. The molecule has 2 nitrogen and oxygen atoms in total. The average molecular weight is 281 g/mol. The summed E-state index contributed by atoms with van der Waals surface area (Å²) in [6, 6.07) is 2.72. The summed E-state index contributed by atoms with van der Waals surface area (Å²) in [4.78, 5) is 0. The molecule has 2 atom stereocenters. The molecule has 1 saturated carbocycles. The van der Waals surface area contributed by atoms with Gasteiger partial charge in [0, 0.05) is 13.2 Å². The van der Waals surface area contributed by atoms with E-state index in [0.29, 0.717) is 12.1 Å². The average Bonchev–Trinajstić information content (AvgIpc) is 2.97. The van der Waals surface area contributed by atoms with Crippen molar-refractivity contribution in [2.75, 3.05) is 14.2 Å². The Hall–Kier alpha value is -0.380. The van der Waals surface area contributed by atoms with Crippen molar-refractivity contribution < 1.29 is 4.74 Å². The first-order chi connectivity index (χ1) is 9.35. The molecule has 1 aliphatic rings. The van der Waals surface area contributed by atoms with Crippen LogP contribution in [0.2, 0.25) is 0 Å². The second-order valence-electron chi connectivity index (χ2n) is 5.66. The summed E-state index contributed by atoms with van der Waals surface area (Å²) in [5, 5.41) is 7.92. The first-order valence-electron chi connectivity index (χ1n) is 7.56. The lowest BCUT2D eigenvalue weighted by Crippen LogP contribution is -2.44. The number of hydrogen-bond donors (Lipinski definition) is 1. The van der Waals surface area contributed by atoms with Crippen LogP contribution in [0.4, 0.5) is 0 Å². The molecule has 0 bridgehead atoms. The van der Waals surface area contributed by atoms with Crippen molar-refractivity contribution >= 4 is 11.3 Å². The Morgan fingerprint density at radius 1 is 1.37 bits per heavy atom. The summed E-state index contributed by atoms with van der Waals surface area (Å²) in [5.41, 5.74) is 1.46. The molecule has 0 aromatic carbocycles. The molecule has 0 saturated heterocycles. The zero-order valence-corrected chi connectivity index (χ0v) is 13.0. The number of nitrogens with one attached hydrogen (secondary N) is 1. The van der Waals surface area contributed by atoms with E-state index in [0.717, 1.165) is 12.3 Å². The summed E-state index contributed by atoms with van der Waals surface area (Å²) < 4.78 is 5.85. The van der Waals surface area contributed by atoms with Crippen molar-refractivity contribution in [1.29, 1.82) is 0 Å². The molecule has 1 aromatic rings. The van der Waals surface area contributed by atoms with E-state index >= 15 is 0 Å². The molecular formula is C16H27NOS. The highest BCUT2D eigenvalue weighted by atomic mass is 32.1. The number of hydrogen-bond acceptors (Lipinski definition) is 3. The zero-order valence-electron chi connectivity index (χ0n) is 12.2. The van der Waals surface area contributed by atoms with Gasteiger partial charge in [-0.2, -0.15) is 11.3 Å². The van der Waals surface area contributed by atoms with Crippen molar-refractivity contribution in [3.63, 3.8) is 0 Å². The zero-order chi connectivity index (χ0) is 13.5. The summed E-state index contributed by atoms with van der Waals surface area (Å²) in [6.07, 6.45) is 9.56. The molecule has 2 unspecified atom stereocenters. The van der Waals surface area contributed by atoms with Crippen LogP contribution in [0.3, 0.4) is 0 Å². The van der Waals surface area contributed by atoms with Gasteiger partial charge in [0.25, 0.3) is 0 Å². The van der Waals surface area contributed by atoms with Crippen LogP contribution in [0, 0.1) is 5.92 Å². The van der Waals surface area contributed by atoms with Crippen molar-refractivity contribution in [2.24, 2.45) is 5.92 Å². The van der Waals surface area contributed by atoms with E-state index in [-0.39, 0.29) is 0 Å². The van der Waals surface area contributed by atoms with E-state index in [1.54, 1.807) is 11.3 Å². The lowest BCUT2D eigenvalue weighted by Gasteiger charge is -2.34. The summed E-state index contributed by atoms with van der Waals surface area (Å²) >= 11 is 1.79. The predicted molar refractivity (Wildman–Crippen MR) is 82.9 cm³/mol. The third-order valence-electron chi connectivity index (χ3n) is 4.48. The number of methoxy groups -OCH3 is 1. The van der Waals surface area contributed by atoms with Crippen LogP contribution in [0.1, 0.15) is 44.1 Å². The number of likely N-dealkylation sites (N-methyl/N-ethyl adjacent to an activating group) is 1. The van der Waals surface area contributed by atoms with E-state index in [4.69, 9.17) is 4.74 Å². The molecule has 1 aliphatic carbocycles. The Balaban J connectivity index is 1.89. The lowest BCUT2D eigenvalue weighted by molar-refractivity contribution is 0.00808. The van der Waals surface area contributed by atoms with Crippen LogP contribution in [-0.4, -0.2) is 26.3 Å². The van der Waals surface area contributed by atoms with Gasteiger partial charge < -0.3 is 10.1 Å². The van der Waals surface area contributed by atoms with E-state index in [9.17, 15) is 0 Å². The maximum absolute atomic E-state index is 5.85. The minimum atomic E-state index is 0.379. The van der Waals surface area contributed by atoms with Crippen molar-refractivity contribution in [2.45, 2.75) is 57.1 Å². The molecule has 0 amide bonds. The van der Waals surface area contributed by atoms with Crippen LogP contribution in [0.5, 0.6) is 0 Å². The Morgan fingerprint density at radius 2 is 2.16 bits per heavy atom. The smallest absolute Gasteiger partial charge is 0.0752 e. The standard InChI is InChI=1S/C16H27NOS/c1-17-15(9-8-13-10-11-19-12-13)16(18-2)14-6-4-3-5-7-14/h10-12,14-17H,3-9H2,1-2H3. The second-order valence-corrected chi connectivity index (χ2v) is 6.44. The number of rotatable bonds is 7. The van der Waals surface area contributed by atoms with Crippen molar-refractivity contribution in [3.8, 4) is 0 Å². The van der Waals surface area contributed by atoms with E-state index in [2.05, 4.69) is 29.2 Å². The minimum Gasteiger partial charge on any atom is -0.380 e. The first kappa shape index (κ1) is 15.0. The van der Waals surface area contributed by atoms with Crippen LogP contribution < -0.4 is 5.32 Å². The van der Waals surface area contributed by atoms with E-state index in [1.807, 2.05) is 7.11 Å². The third kappa shape index (κ3) is 4.30. The number of ether oxygens (including phenoxy) is 1. The second kappa shape index (κ2) is 8.03. The van der Waals surface area contributed by atoms with Gasteiger partial charge in [-0.15, -0.1) is 0 Å². The Kier molecular flexibility index (Phi) is 6.35. The van der Waals surface area contributed by atoms with Gasteiger partial charge in [0.1, 0.15) is 0 Å². The highest BCUT2D eigenvalue weighted by molar-refractivity contribution is 7.07. The molecule has 1 heterocycles. The van der Waals surface area contributed by atoms with Gasteiger partial charge in [0.15, 0.2) is 0 Å². The predicted octanol–water partition coefficient (Wildman–Crippen LogP) is 3.86. The highest BCUT2D eigenvalue weighted by Crippen LogP contribution is 2.30. The topological polar surface area (TPSA) is 21.3 Å². The lowest BCUT2D eigenvalue weighted by atomic mass is 9.81. The SMILES string of the molecule is CNC(CCc1ccsc1)C(OC)C1CCCCC1. The monoisotopic (exact) mass is 281 g/mol. The molecule has 0 spiro atoms. The Bertz CT molecular complexity index is 333. The van der Waals surface area contributed by atoms with Crippen molar-refractivity contribution in [1.82, 2.24) is 5.32 Å². The molecular weight excluding hydrogens is 254 g/mol. The molecule has 0 radical (unpaired) electrons. The molecule has 108 valence electrons. The summed E-state index contributed by atoms with van der Waals surface area (Å²) in [6.45, 7) is 0. The maximum atomic E-state index is 5.85. The quantitative estimate of drug-likeness (QED) is 0.819. The van der Waals surface area contributed by atoms with Gasteiger partial charge >= 0.3 is 0 Å². The largest absolute Gasteiger partial charge is 0.380 e. The molecule has 19 heavy (non-hydrogen) atoms. The number of aryl methyl sites for hydroxylation is 1. The van der Waals surface area contributed by atoms with Gasteiger partial charge in [-0.3, -0.25) is 0 Å². The van der Waals surface area contributed by atoms with Gasteiger partial charge in [-0.05, 0) is 61.0 Å². The fourth-order valence-corrected chi connectivity index (χ4v) is 4.08. The van der Waals surface area contributed by atoms with Gasteiger partial charge in [0.2, 0.25) is 0 Å². The Morgan fingerprint density at radius 3 is 2.74 bits per heavy atom. The van der Waals surface area contributed by atoms with Gasteiger partial charge in [-0.1, -0.05) is 19.3 Å². The molecule has 2 rings (SSSR count). The Labute approximate surface area is 121 Å². The molecule has 3 heteroatoms. The van der Waals surface area contributed by atoms with Gasteiger partial charge in [-0.25, -0.2) is 0 Å². The summed E-state index contributed by atoms with van der Waals surface area (Å²) in [5.74, 6) is 0.749. The molecule has 1 N–H and O–H groups in total. The number of thiophene rings is 1. The van der Waals surface area contributed by atoms with E-state index in [1.165, 1.54) is 44.1 Å². The van der Waals surface area contributed by atoms with Crippen molar-refractivity contribution in [3.05, 3.63) is 22.4 Å². The van der Waals surface area contributed by atoms with Crippen LogP contribution >= 0.6 is 11.3 Å². The van der Waals surface area contributed by atoms with Crippen LogP contribution in [0.25, 0.3) is 0 Å². The van der Waals surface area contributed by atoms with Gasteiger partial charge in [0.05, 0.1) is 6.10 Å². The molecule has 0 aliphatic heterocycles.